The molecule has 0 spiro atoms. The highest BCUT2D eigenvalue weighted by atomic mass is 32.1. The molecule has 1 aromatic carbocycles. The zero-order valence-corrected chi connectivity index (χ0v) is 17.6. The number of anilines is 2. The van der Waals surface area contributed by atoms with Gasteiger partial charge in [0, 0.05) is 24.4 Å². The minimum atomic E-state index is -0.850. The van der Waals surface area contributed by atoms with Gasteiger partial charge in [-0.1, -0.05) is 6.07 Å². The third-order valence-corrected chi connectivity index (χ3v) is 4.86. The van der Waals surface area contributed by atoms with E-state index >= 15 is 0 Å². The summed E-state index contributed by atoms with van der Waals surface area (Å²) in [6.07, 6.45) is 3.63. The lowest BCUT2D eigenvalue weighted by Gasteiger charge is -2.23. The lowest BCUT2D eigenvalue weighted by atomic mass is 10.0. The molecular weight excluding hydrogens is 386 g/mol. The molecule has 0 radical (unpaired) electrons. The van der Waals surface area contributed by atoms with Gasteiger partial charge >= 0.3 is 0 Å². The van der Waals surface area contributed by atoms with E-state index in [-0.39, 0.29) is 6.10 Å². The normalized spacial score (nSPS) is 12.3. The molecule has 0 aliphatic heterocycles. The Morgan fingerprint density at radius 1 is 1.24 bits per heavy atom. The van der Waals surface area contributed by atoms with Crippen molar-refractivity contribution in [2.24, 2.45) is 0 Å². The van der Waals surface area contributed by atoms with Crippen LogP contribution in [-0.2, 0) is 0 Å². The van der Waals surface area contributed by atoms with Gasteiger partial charge < -0.3 is 15.2 Å². The fourth-order valence-electron chi connectivity index (χ4n) is 2.93. The number of rotatable bonds is 7. The van der Waals surface area contributed by atoms with Gasteiger partial charge in [0.05, 0.1) is 23.0 Å². The smallest absolute Gasteiger partial charge is 0.227 e. The predicted octanol–water partition coefficient (Wildman–Crippen LogP) is 4.45. The Labute approximate surface area is 174 Å². The topological polar surface area (TPSA) is 104 Å². The van der Waals surface area contributed by atoms with Crippen LogP contribution in [0.1, 0.15) is 38.4 Å². The highest BCUT2D eigenvalue weighted by molar-refractivity contribution is 7.10. The molecule has 8 heteroatoms. The largest absolute Gasteiger partial charge is 0.489 e. The lowest BCUT2D eigenvalue weighted by Crippen LogP contribution is -2.28. The first-order valence-electron chi connectivity index (χ1n) is 9.19. The molecule has 0 saturated heterocycles. The van der Waals surface area contributed by atoms with Crippen molar-refractivity contribution in [2.75, 3.05) is 5.32 Å². The first kappa shape index (κ1) is 20.7. The number of benzene rings is 1. The average molecular weight is 410 g/mol. The average Bonchev–Trinajstić information content (AvgIpc) is 3.05. The Morgan fingerprint density at radius 2 is 1.97 bits per heavy atom. The first-order valence-corrected chi connectivity index (χ1v) is 9.97. The van der Waals surface area contributed by atoms with Crippen LogP contribution in [0.15, 0.2) is 36.7 Å². The Morgan fingerprint density at radius 3 is 2.55 bits per heavy atom. The van der Waals surface area contributed by atoms with Gasteiger partial charge in [-0.3, -0.25) is 0 Å². The molecule has 0 saturated carbocycles. The molecule has 7 nitrogen and oxygen atoms in total. The molecule has 0 aliphatic rings. The van der Waals surface area contributed by atoms with Crippen molar-refractivity contribution in [1.29, 1.82) is 5.26 Å². The van der Waals surface area contributed by atoms with E-state index in [0.717, 1.165) is 21.8 Å². The van der Waals surface area contributed by atoms with E-state index in [2.05, 4.69) is 25.7 Å². The van der Waals surface area contributed by atoms with Crippen LogP contribution >= 0.6 is 11.5 Å². The van der Waals surface area contributed by atoms with Crippen molar-refractivity contribution in [2.45, 2.75) is 45.8 Å². The van der Waals surface area contributed by atoms with Crippen LogP contribution in [0.2, 0.25) is 0 Å². The van der Waals surface area contributed by atoms with E-state index in [4.69, 9.17) is 4.74 Å². The third-order valence-electron chi connectivity index (χ3n) is 4.07. The molecule has 0 aliphatic carbocycles. The van der Waals surface area contributed by atoms with E-state index in [1.165, 1.54) is 11.5 Å². The maximum absolute atomic E-state index is 9.99. The summed E-state index contributed by atoms with van der Waals surface area (Å²) in [4.78, 5) is 8.72. The maximum atomic E-state index is 9.99. The van der Waals surface area contributed by atoms with Crippen LogP contribution < -0.4 is 10.1 Å². The number of hydrogen-bond acceptors (Lipinski definition) is 8. The number of nitriles is 1. The summed E-state index contributed by atoms with van der Waals surface area (Å²) < 4.78 is 10.2. The predicted molar refractivity (Wildman–Crippen MR) is 113 cm³/mol. The van der Waals surface area contributed by atoms with Gasteiger partial charge in [-0.05, 0) is 63.0 Å². The second-order valence-electron chi connectivity index (χ2n) is 7.52. The monoisotopic (exact) mass is 409 g/mol. The molecule has 3 rings (SSSR count). The maximum Gasteiger partial charge on any atom is 0.227 e. The van der Waals surface area contributed by atoms with Crippen LogP contribution in [0.5, 0.6) is 5.75 Å². The van der Waals surface area contributed by atoms with E-state index in [0.29, 0.717) is 23.7 Å². The van der Waals surface area contributed by atoms with Gasteiger partial charge in [-0.15, -0.1) is 0 Å². The fourth-order valence-corrected chi connectivity index (χ4v) is 3.58. The quantitative estimate of drug-likeness (QED) is 0.594. The van der Waals surface area contributed by atoms with E-state index in [1.807, 2.05) is 26.0 Å². The number of nitrogens with zero attached hydrogens (tertiary/aromatic N) is 4. The van der Waals surface area contributed by atoms with Crippen molar-refractivity contribution in [1.82, 2.24) is 14.3 Å². The summed E-state index contributed by atoms with van der Waals surface area (Å²) in [7, 11) is 0. The molecule has 0 amide bonds. The van der Waals surface area contributed by atoms with Crippen molar-refractivity contribution < 1.29 is 9.84 Å². The zero-order chi connectivity index (χ0) is 21.0. The van der Waals surface area contributed by atoms with Crippen molar-refractivity contribution >= 4 is 22.5 Å². The van der Waals surface area contributed by atoms with Gasteiger partial charge in [0.25, 0.3) is 0 Å². The molecule has 0 bridgehead atoms. The molecule has 0 unspecified atom stereocenters. The van der Waals surface area contributed by atoms with Crippen molar-refractivity contribution in [3.05, 3.63) is 47.9 Å². The minimum Gasteiger partial charge on any atom is -0.489 e. The minimum absolute atomic E-state index is 0.247. The van der Waals surface area contributed by atoms with Gasteiger partial charge in [-0.2, -0.15) is 9.64 Å². The molecular formula is C21H23N5O2S. The van der Waals surface area contributed by atoms with E-state index < -0.39 is 5.60 Å². The van der Waals surface area contributed by atoms with Crippen LogP contribution in [0.25, 0.3) is 11.1 Å². The van der Waals surface area contributed by atoms with Crippen molar-refractivity contribution in [3.8, 4) is 22.9 Å². The second-order valence-corrected chi connectivity index (χ2v) is 8.33. The van der Waals surface area contributed by atoms with Gasteiger partial charge in [-0.25, -0.2) is 9.97 Å². The highest BCUT2D eigenvalue weighted by Crippen LogP contribution is 2.29. The number of aryl methyl sites for hydroxylation is 1. The van der Waals surface area contributed by atoms with E-state index in [9.17, 15) is 10.4 Å². The fraction of sp³-hybridized carbons (Fsp3) is 0.333. The summed E-state index contributed by atoms with van der Waals surface area (Å²) in [5.74, 6) is 0.963. The van der Waals surface area contributed by atoms with Crippen LogP contribution in [0.4, 0.5) is 10.9 Å². The number of aliphatic hydroxyl groups is 1. The number of nitrogens with one attached hydrogen (secondary N) is 1. The van der Waals surface area contributed by atoms with Gasteiger partial charge in [0.1, 0.15) is 16.8 Å². The summed E-state index contributed by atoms with van der Waals surface area (Å²) in [5, 5.41) is 23.4. The highest BCUT2D eigenvalue weighted by Gasteiger charge is 2.19. The standard InChI is InChI=1S/C21H23N5O2S/c1-13-7-19(29-26-13)25-20-23-11-17(12-24-20)15-5-6-16(10-22)18(8-15)28-14(2)9-21(3,4)27/h5-8,11-12,14,27H,9H2,1-4H3,(H,23,24,25)/t14-/m0/s1. The van der Waals surface area contributed by atoms with Gasteiger partial charge in [0.15, 0.2) is 0 Å². The zero-order valence-electron chi connectivity index (χ0n) is 16.8. The number of aromatic nitrogens is 3. The summed E-state index contributed by atoms with van der Waals surface area (Å²) in [6, 6.07) is 9.44. The van der Waals surface area contributed by atoms with Crippen molar-refractivity contribution in [3.63, 3.8) is 0 Å². The molecule has 2 heterocycles. The first-order chi connectivity index (χ1) is 13.7. The summed E-state index contributed by atoms with van der Waals surface area (Å²) in [5.41, 5.74) is 2.18. The molecule has 2 N–H and O–H groups in total. The molecule has 2 aromatic heterocycles. The Hall–Kier alpha value is -3.02. The SMILES string of the molecule is Cc1cc(Nc2ncc(-c3ccc(C#N)c(O[C@@H](C)CC(C)(C)O)c3)cn2)sn1. The Kier molecular flexibility index (Phi) is 6.11. The Balaban J connectivity index is 1.79. The summed E-state index contributed by atoms with van der Waals surface area (Å²) in [6.45, 7) is 7.26. The molecule has 1 atom stereocenters. The second kappa shape index (κ2) is 8.55. The molecule has 150 valence electrons. The van der Waals surface area contributed by atoms with Gasteiger partial charge in [0.2, 0.25) is 5.95 Å². The van der Waals surface area contributed by atoms with Crippen LogP contribution in [0, 0.1) is 18.3 Å². The van der Waals surface area contributed by atoms with Crippen LogP contribution in [0.3, 0.4) is 0 Å². The molecule has 3 aromatic rings. The summed E-state index contributed by atoms with van der Waals surface area (Å²) >= 11 is 1.35. The third kappa shape index (κ3) is 5.73. The number of ether oxygens (including phenoxy) is 1. The molecule has 0 fully saturated rings. The van der Waals surface area contributed by atoms with E-state index in [1.54, 1.807) is 38.4 Å². The number of hydrogen-bond donors (Lipinski definition) is 2. The molecule has 29 heavy (non-hydrogen) atoms. The van der Waals surface area contributed by atoms with Crippen LogP contribution in [-0.4, -0.2) is 31.2 Å². The Bertz CT molecular complexity index is 1020. The lowest BCUT2D eigenvalue weighted by molar-refractivity contribution is 0.0323.